The highest BCUT2D eigenvalue weighted by Gasteiger charge is 2.41. The second-order valence-electron chi connectivity index (χ2n) is 26.1. The second kappa shape index (κ2) is 44.5. The van der Waals surface area contributed by atoms with Crippen molar-refractivity contribution in [3.05, 3.63) is 143 Å². The van der Waals surface area contributed by atoms with Gasteiger partial charge in [0.25, 0.3) is 5.97 Å². The lowest BCUT2D eigenvalue weighted by Gasteiger charge is -2.33. The van der Waals surface area contributed by atoms with Gasteiger partial charge in [0.1, 0.15) is 66.2 Å². The van der Waals surface area contributed by atoms with Crippen LogP contribution in [0.5, 0.6) is 5.75 Å². The van der Waals surface area contributed by atoms with Crippen LogP contribution in [0.15, 0.2) is 121 Å². The number of amides is 13. The number of likely N-dealkylation sites (tertiary alicyclic amines) is 1. The number of aliphatic carboxylic acids is 1. The quantitative estimate of drug-likeness (QED) is 0.0142. The molecular formula is C74H100ClN17O16. The molecule has 20 N–H and O–H groups in total. The second-order valence-corrected chi connectivity index (χ2v) is 26.6. The minimum atomic E-state index is -1.83. The van der Waals surface area contributed by atoms with Crippen LogP contribution in [0.4, 0.5) is 4.79 Å². The van der Waals surface area contributed by atoms with Crippen molar-refractivity contribution in [2.75, 3.05) is 33.3 Å². The van der Waals surface area contributed by atoms with Crippen LogP contribution in [0.3, 0.4) is 0 Å². The third-order valence-electron chi connectivity index (χ3n) is 17.5. The number of nitrogens with one attached hydrogen (secondary N) is 9. The van der Waals surface area contributed by atoms with E-state index in [9.17, 15) is 63.0 Å². The van der Waals surface area contributed by atoms with Gasteiger partial charge in [-0.25, -0.2) is 4.79 Å². The zero-order valence-electron chi connectivity index (χ0n) is 61.1. The predicted octanol–water partition coefficient (Wildman–Crippen LogP) is 0.251. The van der Waals surface area contributed by atoms with E-state index in [1.807, 2.05) is 49.4 Å². The Morgan fingerprint density at radius 1 is 0.602 bits per heavy atom. The first-order valence-electron chi connectivity index (χ1n) is 35.4. The van der Waals surface area contributed by atoms with Crippen LogP contribution in [-0.4, -0.2) is 207 Å². The van der Waals surface area contributed by atoms with Crippen molar-refractivity contribution in [2.45, 2.75) is 178 Å². The van der Waals surface area contributed by atoms with Crippen molar-refractivity contribution < 1.29 is 77.6 Å². The molecule has 10 atom stereocenters. The van der Waals surface area contributed by atoms with Crippen LogP contribution < -0.4 is 70.8 Å². The minimum Gasteiger partial charge on any atom is -0.508 e. The van der Waals surface area contributed by atoms with Gasteiger partial charge in [-0.3, -0.25) is 67.5 Å². The van der Waals surface area contributed by atoms with Gasteiger partial charge >= 0.3 is 6.03 Å². The van der Waals surface area contributed by atoms with E-state index in [-0.39, 0.29) is 102 Å². The number of pyridine rings is 1. The van der Waals surface area contributed by atoms with Gasteiger partial charge in [0.2, 0.25) is 65.0 Å². The first-order valence-corrected chi connectivity index (χ1v) is 35.8. The maximum atomic E-state index is 15.1. The number of urea groups is 1. The number of hydrogen-bond donors (Lipinski definition) is 16. The molecule has 1 saturated heterocycles. The van der Waals surface area contributed by atoms with Gasteiger partial charge in [-0.1, -0.05) is 104 Å². The average Bonchev–Trinajstić information content (AvgIpc) is 1.25. The van der Waals surface area contributed by atoms with Crippen molar-refractivity contribution >= 4 is 105 Å². The Labute approximate surface area is 630 Å². The molecule has 0 radical (unpaired) electrons. The molecule has 1 fully saturated rings. The summed E-state index contributed by atoms with van der Waals surface area (Å²) in [5, 5.41) is 55.0. The summed E-state index contributed by atoms with van der Waals surface area (Å²) < 4.78 is 0. The molecular weight excluding hydrogens is 1420 g/mol. The lowest BCUT2D eigenvalue weighted by Crippen LogP contribution is -2.61. The largest absolute Gasteiger partial charge is 0.508 e. The fourth-order valence-corrected chi connectivity index (χ4v) is 12.0. The minimum absolute atomic E-state index is 0.0278. The monoisotopic (exact) mass is 1520 g/mol. The molecule has 108 heavy (non-hydrogen) atoms. The summed E-state index contributed by atoms with van der Waals surface area (Å²) in [7, 11) is 1.22. The molecule has 0 spiro atoms. The summed E-state index contributed by atoms with van der Waals surface area (Å²) in [4.78, 5) is 187. The summed E-state index contributed by atoms with van der Waals surface area (Å²) in [6.45, 7) is 4.76. The molecule has 2 heterocycles. The molecule has 6 rings (SSSR count). The molecule has 1 aromatic heterocycles. The Hall–Kier alpha value is -11.5. The van der Waals surface area contributed by atoms with Crippen LogP contribution in [0, 0.1) is 0 Å². The number of nitrogens with two attached hydrogens (primary N) is 4. The molecule has 1 aliphatic rings. The number of phenols is 1. The topological polar surface area (TPSA) is 527 Å². The number of primary amides is 2. The third kappa shape index (κ3) is 29.5. The number of aromatic nitrogens is 1. The number of nitrogens with zero attached hydrogens (tertiary/aromatic N) is 4. The Kier molecular flexibility index (Phi) is 35.9. The van der Waals surface area contributed by atoms with Crippen LogP contribution >= 0.6 is 11.6 Å². The van der Waals surface area contributed by atoms with Crippen LogP contribution in [-0.2, 0) is 83.2 Å². The number of phenolic OH excluding ortho intramolecular Hbond substituents is 1. The highest BCUT2D eigenvalue weighted by molar-refractivity contribution is 6.30. The first-order chi connectivity index (χ1) is 51.4. The zero-order valence-corrected chi connectivity index (χ0v) is 61.9. The fraction of sp³-hybridized carbons (Fsp3) is 0.446. The maximum Gasteiger partial charge on any atom is 0.312 e. The molecule has 13 amide bonds. The number of fused-ring (bicyclic) bond motifs is 1. The number of guanidine groups is 1. The number of halogens is 1. The molecule has 5 aromatic rings. The van der Waals surface area contributed by atoms with E-state index in [2.05, 4.69) is 57.8 Å². The van der Waals surface area contributed by atoms with Gasteiger partial charge in [0.05, 0.1) is 6.61 Å². The first kappa shape index (κ1) is 87.2. The number of rotatable bonds is 40. The van der Waals surface area contributed by atoms with E-state index in [0.29, 0.717) is 46.5 Å². The number of carboxylic acids is 1. The van der Waals surface area contributed by atoms with Crippen LogP contribution in [0.2, 0.25) is 5.02 Å². The van der Waals surface area contributed by atoms with E-state index < -0.39 is 144 Å². The summed E-state index contributed by atoms with van der Waals surface area (Å²) >= 11 is 6.24. The molecule has 0 unspecified atom stereocenters. The maximum absolute atomic E-state index is 15.1. The fourth-order valence-electron chi connectivity index (χ4n) is 11.8. The lowest BCUT2D eigenvalue weighted by atomic mass is 9.99. The number of benzene rings is 4. The Morgan fingerprint density at radius 2 is 1.12 bits per heavy atom. The summed E-state index contributed by atoms with van der Waals surface area (Å²) in [6.07, 6.45) is 4.27. The van der Waals surface area contributed by atoms with Gasteiger partial charge in [-0.2, -0.15) is 0 Å². The highest BCUT2D eigenvalue weighted by Crippen LogP contribution is 2.23. The Morgan fingerprint density at radius 3 is 1.69 bits per heavy atom. The average molecular weight is 1520 g/mol. The van der Waals surface area contributed by atoms with Crippen molar-refractivity contribution in [3.8, 4) is 5.75 Å². The molecule has 0 aliphatic carbocycles. The molecule has 33 nitrogen and oxygen atoms in total. The van der Waals surface area contributed by atoms with Crippen molar-refractivity contribution in [2.24, 2.45) is 27.9 Å². The molecule has 0 bridgehead atoms. The number of likely N-dealkylation sites (N-methyl/N-ethyl adjacent to an activating group) is 1. The SMILES string of the molecule is CC(=O)O.CCCC[C@H](NC(=O)[C@@H](CCCCNC(N)=O)NC(=O)[C@H](Cc1ccc(O)cc1)N(C)C(=O)[C@H](CO)NC(=O)[C@@H](Cc1cccnc1)NC(=O)[C@@H](Cc1ccc(Cl)cc1)NC(=O)[C@@H](Cc1ccc2ccccc2c1)NC(C)=O)C(=O)N[C@@H](CCCN=C(N)N)C(=O)N1CCC[C@H]1C(=O)N[C@H](C)C(N)=O. The van der Waals surface area contributed by atoms with E-state index >= 15 is 4.79 Å². The smallest absolute Gasteiger partial charge is 0.312 e. The van der Waals surface area contributed by atoms with E-state index in [1.165, 1.54) is 62.5 Å². The Balaban J connectivity index is 0.00000509. The number of carbonyl (C=O) groups is 13. The number of carboxylic acid groups (broad SMARTS) is 1. The number of aliphatic imine (C=N–C) groups is 1. The zero-order chi connectivity index (χ0) is 79.6. The summed E-state index contributed by atoms with van der Waals surface area (Å²) in [5.74, 6) is -10.0. The van der Waals surface area contributed by atoms with Gasteiger partial charge < -0.3 is 95.9 Å². The van der Waals surface area contributed by atoms with Gasteiger partial charge in [-0.15, -0.1) is 0 Å². The van der Waals surface area contributed by atoms with Crippen molar-refractivity contribution in [1.82, 2.24) is 62.6 Å². The van der Waals surface area contributed by atoms with Crippen molar-refractivity contribution in [3.63, 3.8) is 0 Å². The summed E-state index contributed by atoms with van der Waals surface area (Å²) in [5.41, 5.74) is 23.9. The molecule has 0 saturated carbocycles. The van der Waals surface area contributed by atoms with Crippen molar-refractivity contribution in [1.29, 1.82) is 0 Å². The molecule has 4 aromatic carbocycles. The number of unbranched alkanes of at least 4 members (excludes halogenated alkanes) is 2. The number of aromatic hydroxyl groups is 1. The number of aliphatic hydroxyl groups excluding tert-OH is 1. The standard InChI is InChI=1S/C72H96ClN17O14.C2H4O2/c1-5-6-17-52(63(96)85-54(19-12-33-79-71(75)76)70(103)90-34-13-20-59(90)67(100)81-42(2)61(74)94)83-62(95)53(18-9-10-32-80-72(77)104)84-68(101)60(39-45-24-29-51(93)30-25-45)89(4)69(102)58(41-91)88-66(99)57(38-47-14-11-31-78-40-47)87-65(98)56(36-44-22-27-50(73)28-23-44)86-64(97)55(82-43(3)92)37-46-21-26-48-15-7-8-16-49(48)35-46;1-2(3)4/h7-8,11,14-16,21-31,35,40,42,52-60,91,93H,5-6,9-10,12-13,17-20,32-34,36-39,41H2,1-4H3,(H2,74,94)(H,81,100)(H,82,92)(H,83,95)(H,84,101)(H,85,96)(H,86,97)(H,87,98)(H,88,99)(H4,75,76,79)(H3,77,80,104);1H3,(H,3,4)/t42-,52+,53-,54+,55-,56-,57-,58+,59+,60+;/m1./s1. The lowest BCUT2D eigenvalue weighted by molar-refractivity contribution is -0.144. The van der Waals surface area contributed by atoms with E-state index in [4.69, 9.17) is 44.4 Å². The van der Waals surface area contributed by atoms with Crippen LogP contribution in [0.25, 0.3) is 10.8 Å². The van der Waals surface area contributed by atoms with Gasteiger partial charge in [-0.05, 0) is 122 Å². The molecule has 584 valence electrons. The third-order valence-corrected chi connectivity index (χ3v) is 17.8. The number of carbonyl (C=O) groups excluding carboxylic acids is 12. The normalized spacial score (nSPS) is 14.8. The number of hydrogen-bond acceptors (Lipinski definition) is 17. The predicted molar refractivity (Wildman–Crippen MR) is 401 cm³/mol. The molecule has 1 aliphatic heterocycles. The van der Waals surface area contributed by atoms with E-state index in [0.717, 1.165) is 22.6 Å². The highest BCUT2D eigenvalue weighted by atomic mass is 35.5. The number of aliphatic hydroxyl groups is 1. The van der Waals surface area contributed by atoms with E-state index in [1.54, 1.807) is 36.4 Å². The summed E-state index contributed by atoms with van der Waals surface area (Å²) in [6, 6.07) is 14.0. The molecule has 34 heteroatoms. The Bertz CT molecular complexity index is 3920. The van der Waals surface area contributed by atoms with Crippen LogP contribution in [0.1, 0.15) is 114 Å². The van der Waals surface area contributed by atoms with Gasteiger partial charge in [0.15, 0.2) is 5.96 Å². The van der Waals surface area contributed by atoms with Gasteiger partial charge in [0, 0.05) is 83.6 Å².